The van der Waals surface area contributed by atoms with Crippen LogP contribution in [0.15, 0.2) is 29.8 Å². The van der Waals surface area contributed by atoms with Crippen molar-refractivity contribution in [1.82, 2.24) is 5.32 Å². The summed E-state index contributed by atoms with van der Waals surface area (Å²) in [7, 11) is -3.49. The Balaban J connectivity index is 1.76. The van der Waals surface area contributed by atoms with E-state index in [0.717, 1.165) is 31.1 Å². The van der Waals surface area contributed by atoms with Crippen molar-refractivity contribution < 1.29 is 17.9 Å². The first kappa shape index (κ1) is 17.8. The molecular weight excluding hydrogens is 340 g/mol. The minimum Gasteiger partial charge on any atom is -0.476 e. The van der Waals surface area contributed by atoms with Gasteiger partial charge in [0.2, 0.25) is 10.0 Å². The fraction of sp³-hybridized carbons (Fsp3) is 0.500. The Morgan fingerprint density at radius 3 is 2.84 bits per heavy atom. The fourth-order valence-electron chi connectivity index (χ4n) is 3.19. The number of benzene rings is 1. The van der Waals surface area contributed by atoms with Crippen molar-refractivity contribution >= 4 is 21.6 Å². The molecule has 1 aliphatic carbocycles. The van der Waals surface area contributed by atoms with Gasteiger partial charge in [0, 0.05) is 6.54 Å². The second kappa shape index (κ2) is 7.07. The number of allylic oxidation sites excluding steroid dienone is 1. The number of sulfonamides is 1. The summed E-state index contributed by atoms with van der Waals surface area (Å²) in [6.07, 6.45) is 6.87. The lowest BCUT2D eigenvalue weighted by Gasteiger charge is -2.34. The number of rotatable bonds is 4. The third-order valence-electron chi connectivity index (χ3n) is 4.55. The van der Waals surface area contributed by atoms with Gasteiger partial charge in [-0.05, 0) is 50.3 Å². The number of carbonyl (C=O) groups excluding carboxylic acids is 1. The molecule has 0 saturated heterocycles. The van der Waals surface area contributed by atoms with Gasteiger partial charge in [-0.3, -0.25) is 9.10 Å². The largest absolute Gasteiger partial charge is 0.476 e. The van der Waals surface area contributed by atoms with Crippen molar-refractivity contribution in [1.29, 1.82) is 0 Å². The zero-order chi connectivity index (χ0) is 18.0. The molecule has 7 heteroatoms. The third kappa shape index (κ3) is 4.15. The fourth-order valence-corrected chi connectivity index (χ4v) is 4.11. The molecule has 1 amide bonds. The summed E-state index contributed by atoms with van der Waals surface area (Å²) in [5.74, 6) is 0.140. The molecule has 1 unspecified atom stereocenters. The molecule has 1 N–H and O–H groups in total. The number of hydrogen-bond acceptors (Lipinski definition) is 4. The van der Waals surface area contributed by atoms with Gasteiger partial charge in [-0.2, -0.15) is 0 Å². The maximum Gasteiger partial charge on any atom is 0.263 e. The number of carbonyl (C=O) groups is 1. The van der Waals surface area contributed by atoms with Gasteiger partial charge < -0.3 is 10.1 Å². The lowest BCUT2D eigenvalue weighted by atomic mass is 10.00. The van der Waals surface area contributed by atoms with Crippen LogP contribution in [0.1, 0.15) is 31.2 Å². The van der Waals surface area contributed by atoms with Crippen molar-refractivity contribution in [3.63, 3.8) is 0 Å². The molecule has 1 aliphatic heterocycles. The van der Waals surface area contributed by atoms with Crippen molar-refractivity contribution in [2.45, 2.75) is 38.7 Å². The van der Waals surface area contributed by atoms with Gasteiger partial charge in [0.05, 0.1) is 18.5 Å². The van der Waals surface area contributed by atoms with Crippen LogP contribution in [0.3, 0.4) is 0 Å². The van der Waals surface area contributed by atoms with Crippen LogP contribution in [-0.4, -0.2) is 39.8 Å². The summed E-state index contributed by atoms with van der Waals surface area (Å²) in [4.78, 5) is 12.5. The quantitative estimate of drug-likeness (QED) is 0.831. The molecule has 0 bridgehead atoms. The Hall–Kier alpha value is -2.02. The Morgan fingerprint density at radius 1 is 1.36 bits per heavy atom. The van der Waals surface area contributed by atoms with Crippen LogP contribution in [-0.2, 0) is 14.8 Å². The van der Waals surface area contributed by atoms with Crippen LogP contribution in [0.2, 0.25) is 0 Å². The number of fused-ring (bicyclic) bond motifs is 1. The van der Waals surface area contributed by atoms with Crippen molar-refractivity contribution in [3.05, 3.63) is 35.4 Å². The first-order valence-corrected chi connectivity index (χ1v) is 10.4. The Kier molecular flexibility index (Phi) is 5.03. The lowest BCUT2D eigenvalue weighted by molar-refractivity contribution is -0.127. The molecule has 1 aromatic rings. The minimum atomic E-state index is -3.49. The zero-order valence-corrected chi connectivity index (χ0v) is 15.4. The number of amides is 1. The standard InChI is InChI=1S/C18H24N2O4S/c1-13-8-9-15-16(10-13)24-17(12-20(15)25(2,22)23)18(21)19-11-14-6-4-3-5-7-14/h6,8-10,17H,3-5,7,11-12H2,1-2H3,(H,19,21). The van der Waals surface area contributed by atoms with Gasteiger partial charge in [-0.25, -0.2) is 8.42 Å². The highest BCUT2D eigenvalue weighted by Gasteiger charge is 2.35. The van der Waals surface area contributed by atoms with E-state index in [1.54, 1.807) is 12.1 Å². The summed E-state index contributed by atoms with van der Waals surface area (Å²) >= 11 is 0. The third-order valence-corrected chi connectivity index (χ3v) is 5.70. The highest BCUT2D eigenvalue weighted by atomic mass is 32.2. The Labute approximate surface area is 148 Å². The van der Waals surface area contributed by atoms with Crippen molar-refractivity contribution in [2.75, 3.05) is 23.7 Å². The topological polar surface area (TPSA) is 75.7 Å². The lowest BCUT2D eigenvalue weighted by Crippen LogP contribution is -2.50. The maximum atomic E-state index is 12.5. The van der Waals surface area contributed by atoms with Crippen molar-refractivity contribution in [2.24, 2.45) is 0 Å². The molecule has 3 rings (SSSR count). The molecule has 0 fully saturated rings. The predicted molar refractivity (Wildman–Crippen MR) is 97.3 cm³/mol. The summed E-state index contributed by atoms with van der Waals surface area (Å²) in [6.45, 7) is 2.38. The first-order valence-electron chi connectivity index (χ1n) is 8.55. The molecule has 1 atom stereocenters. The molecule has 1 heterocycles. The van der Waals surface area contributed by atoms with Gasteiger partial charge in [0.1, 0.15) is 5.75 Å². The SMILES string of the molecule is Cc1ccc2c(c1)OC(C(=O)NCC1=CCCCC1)CN2S(C)(=O)=O. The Morgan fingerprint density at radius 2 is 2.16 bits per heavy atom. The zero-order valence-electron chi connectivity index (χ0n) is 14.6. The first-order chi connectivity index (χ1) is 11.8. The second-order valence-electron chi connectivity index (χ2n) is 6.70. The van der Waals surface area contributed by atoms with Gasteiger partial charge in [0.25, 0.3) is 5.91 Å². The molecule has 0 spiro atoms. The van der Waals surface area contributed by atoms with Crippen molar-refractivity contribution in [3.8, 4) is 5.75 Å². The monoisotopic (exact) mass is 364 g/mol. The molecule has 1 aromatic carbocycles. The average molecular weight is 364 g/mol. The molecule has 25 heavy (non-hydrogen) atoms. The van der Waals surface area contributed by atoms with Gasteiger partial charge >= 0.3 is 0 Å². The normalized spacial score (nSPS) is 20.3. The van der Waals surface area contributed by atoms with Crippen LogP contribution in [0.5, 0.6) is 5.75 Å². The average Bonchev–Trinajstić information content (AvgIpc) is 2.58. The highest BCUT2D eigenvalue weighted by Crippen LogP contribution is 2.35. The maximum absolute atomic E-state index is 12.5. The number of nitrogens with one attached hydrogen (secondary N) is 1. The van der Waals surface area contributed by atoms with Gasteiger partial charge in [-0.1, -0.05) is 17.7 Å². The van der Waals surface area contributed by atoms with Gasteiger partial charge in [0.15, 0.2) is 6.10 Å². The summed E-state index contributed by atoms with van der Waals surface area (Å²) in [6, 6.07) is 5.31. The number of nitrogens with zero attached hydrogens (tertiary/aromatic N) is 1. The molecule has 0 saturated carbocycles. The van der Waals surface area contributed by atoms with Crippen LogP contribution in [0.25, 0.3) is 0 Å². The van der Waals surface area contributed by atoms with E-state index >= 15 is 0 Å². The number of hydrogen-bond donors (Lipinski definition) is 1. The van der Waals surface area contributed by atoms with Crippen LogP contribution in [0.4, 0.5) is 5.69 Å². The van der Waals surface area contributed by atoms with Gasteiger partial charge in [-0.15, -0.1) is 0 Å². The summed E-state index contributed by atoms with van der Waals surface area (Å²) in [5, 5.41) is 2.89. The molecule has 2 aliphatic rings. The van der Waals surface area contributed by atoms with Crippen LogP contribution >= 0.6 is 0 Å². The van der Waals surface area contributed by atoms with E-state index in [2.05, 4.69) is 11.4 Å². The van der Waals surface area contributed by atoms with E-state index in [4.69, 9.17) is 4.74 Å². The number of aryl methyl sites for hydroxylation is 1. The molecule has 136 valence electrons. The molecule has 6 nitrogen and oxygen atoms in total. The van der Waals surface area contributed by atoms with E-state index in [0.29, 0.717) is 18.0 Å². The predicted octanol–water partition coefficient (Wildman–Crippen LogP) is 2.14. The molecular formula is C18H24N2O4S. The highest BCUT2D eigenvalue weighted by molar-refractivity contribution is 7.92. The summed E-state index contributed by atoms with van der Waals surface area (Å²) < 4.78 is 31.3. The second-order valence-corrected chi connectivity index (χ2v) is 8.60. The molecule has 0 aromatic heterocycles. The van der Waals surface area contributed by atoms with Crippen LogP contribution < -0.4 is 14.4 Å². The van der Waals surface area contributed by atoms with E-state index in [9.17, 15) is 13.2 Å². The minimum absolute atomic E-state index is 0.0141. The van der Waals surface area contributed by atoms with E-state index < -0.39 is 16.1 Å². The molecule has 0 radical (unpaired) electrons. The van der Waals surface area contributed by atoms with Crippen LogP contribution in [0, 0.1) is 6.92 Å². The smallest absolute Gasteiger partial charge is 0.263 e. The van der Waals surface area contributed by atoms with E-state index in [1.165, 1.54) is 16.3 Å². The number of anilines is 1. The summed E-state index contributed by atoms with van der Waals surface area (Å²) in [5.41, 5.74) is 2.65. The van der Waals surface area contributed by atoms with E-state index in [-0.39, 0.29) is 12.5 Å². The number of ether oxygens (including phenoxy) is 1. The van der Waals surface area contributed by atoms with E-state index in [1.807, 2.05) is 13.0 Å². The Bertz CT molecular complexity index is 801.